The summed E-state index contributed by atoms with van der Waals surface area (Å²) < 4.78 is 5.77. The highest BCUT2D eigenvalue weighted by Gasteiger charge is 2.37. The Balaban J connectivity index is 1.91. The molecule has 0 aromatic heterocycles. The summed E-state index contributed by atoms with van der Waals surface area (Å²) >= 11 is 0. The van der Waals surface area contributed by atoms with Gasteiger partial charge in [0.1, 0.15) is 17.1 Å². The van der Waals surface area contributed by atoms with Gasteiger partial charge in [0.25, 0.3) is 5.69 Å². The van der Waals surface area contributed by atoms with E-state index in [2.05, 4.69) is 0 Å². The largest absolute Gasteiger partial charge is 0.457 e. The molecule has 0 amide bonds. The zero-order valence-corrected chi connectivity index (χ0v) is 13.3. The quantitative estimate of drug-likeness (QED) is 0.411. The van der Waals surface area contributed by atoms with Crippen LogP contribution in [0.2, 0.25) is 0 Å². The molecule has 1 aliphatic carbocycles. The van der Waals surface area contributed by atoms with Crippen LogP contribution in [0.5, 0.6) is 11.5 Å². The van der Waals surface area contributed by atoms with Gasteiger partial charge in [0, 0.05) is 17.2 Å². The van der Waals surface area contributed by atoms with Crippen LogP contribution in [-0.2, 0) is 0 Å². The molecule has 4 rings (SSSR count). The molecule has 1 aliphatic rings. The van der Waals surface area contributed by atoms with E-state index < -0.39 is 16.5 Å². The van der Waals surface area contributed by atoms with Gasteiger partial charge in [-0.05, 0) is 24.3 Å². The van der Waals surface area contributed by atoms with Crippen LogP contribution in [0.3, 0.4) is 0 Å². The predicted molar refractivity (Wildman–Crippen MR) is 92.9 cm³/mol. The van der Waals surface area contributed by atoms with Crippen LogP contribution < -0.4 is 4.74 Å². The molecule has 0 spiro atoms. The lowest BCUT2D eigenvalue weighted by Gasteiger charge is -2.20. The highest BCUT2D eigenvalue weighted by molar-refractivity contribution is 6.30. The molecule has 3 aromatic carbocycles. The number of nitro benzene ring substituents is 1. The molecule has 0 radical (unpaired) electrons. The van der Waals surface area contributed by atoms with E-state index in [1.165, 1.54) is 24.3 Å². The maximum Gasteiger partial charge on any atom is 0.281 e. The molecule has 0 unspecified atom stereocenters. The number of ether oxygens (including phenoxy) is 1. The third-order valence-electron chi connectivity index (χ3n) is 4.18. The van der Waals surface area contributed by atoms with E-state index in [0.29, 0.717) is 5.75 Å². The van der Waals surface area contributed by atoms with Gasteiger partial charge >= 0.3 is 0 Å². The molecule has 0 fully saturated rings. The SMILES string of the molecule is O=C1c2cccc(Oc3ccccc3)c2C(=O)c2c1cccc2[N+](=O)[O-]. The summed E-state index contributed by atoms with van der Waals surface area (Å²) in [6.07, 6.45) is 0. The van der Waals surface area contributed by atoms with Gasteiger partial charge in [-0.2, -0.15) is 0 Å². The van der Waals surface area contributed by atoms with Crippen molar-refractivity contribution in [2.24, 2.45) is 0 Å². The highest BCUT2D eigenvalue weighted by atomic mass is 16.6. The van der Waals surface area contributed by atoms with E-state index in [1.54, 1.807) is 36.4 Å². The van der Waals surface area contributed by atoms with Crippen LogP contribution in [-0.4, -0.2) is 16.5 Å². The van der Waals surface area contributed by atoms with E-state index in [1.807, 2.05) is 6.07 Å². The lowest BCUT2D eigenvalue weighted by atomic mass is 9.83. The summed E-state index contributed by atoms with van der Waals surface area (Å²) in [7, 11) is 0. The van der Waals surface area contributed by atoms with Gasteiger partial charge in [-0.15, -0.1) is 0 Å². The van der Waals surface area contributed by atoms with Crippen LogP contribution in [0.15, 0.2) is 66.7 Å². The molecule has 0 saturated carbocycles. The first kappa shape index (κ1) is 15.7. The Labute approximate surface area is 147 Å². The Kier molecular flexibility index (Phi) is 3.58. The molecule has 0 heterocycles. The second-order valence-corrected chi connectivity index (χ2v) is 5.71. The molecule has 0 saturated heterocycles. The fraction of sp³-hybridized carbons (Fsp3) is 0. The van der Waals surface area contributed by atoms with Crippen molar-refractivity contribution < 1.29 is 19.2 Å². The normalized spacial score (nSPS) is 12.3. The number of rotatable bonds is 3. The zero-order chi connectivity index (χ0) is 18.3. The number of fused-ring (bicyclic) bond motifs is 2. The number of para-hydroxylation sites is 1. The summed E-state index contributed by atoms with van der Waals surface area (Å²) in [6, 6.07) is 17.5. The Morgan fingerprint density at radius 1 is 0.731 bits per heavy atom. The summed E-state index contributed by atoms with van der Waals surface area (Å²) in [5.41, 5.74) is -0.326. The molecule has 6 nitrogen and oxygen atoms in total. The van der Waals surface area contributed by atoms with Gasteiger partial charge < -0.3 is 4.74 Å². The molecule has 126 valence electrons. The van der Waals surface area contributed by atoms with Gasteiger partial charge in [-0.25, -0.2) is 0 Å². The fourth-order valence-electron chi connectivity index (χ4n) is 3.05. The van der Waals surface area contributed by atoms with E-state index in [9.17, 15) is 19.7 Å². The van der Waals surface area contributed by atoms with Crippen molar-refractivity contribution in [2.45, 2.75) is 0 Å². The Hall–Kier alpha value is -3.80. The molecule has 0 aliphatic heterocycles. The maximum atomic E-state index is 13.1. The molecule has 6 heteroatoms. The molecular formula is C20H11NO5. The second kappa shape index (κ2) is 5.93. The minimum atomic E-state index is -0.657. The summed E-state index contributed by atoms with van der Waals surface area (Å²) in [6.45, 7) is 0. The standard InChI is InChI=1S/C20H11NO5/c22-19-13-8-4-10-15(21(24)25)17(13)20(23)18-14(19)9-5-11-16(18)26-12-6-2-1-3-7-12/h1-11H. The number of carbonyl (C=O) groups is 2. The minimum absolute atomic E-state index is 0.0357. The summed E-state index contributed by atoms with van der Waals surface area (Å²) in [5.74, 6) is -0.337. The number of benzene rings is 3. The van der Waals surface area contributed by atoms with Crippen molar-refractivity contribution in [1.82, 2.24) is 0 Å². The van der Waals surface area contributed by atoms with Crippen molar-refractivity contribution in [3.8, 4) is 11.5 Å². The van der Waals surface area contributed by atoms with E-state index >= 15 is 0 Å². The van der Waals surface area contributed by atoms with Crippen molar-refractivity contribution >= 4 is 17.3 Å². The topological polar surface area (TPSA) is 86.5 Å². The lowest BCUT2D eigenvalue weighted by Crippen LogP contribution is -2.22. The number of carbonyl (C=O) groups excluding carboxylic acids is 2. The number of ketones is 2. The van der Waals surface area contributed by atoms with Crippen LogP contribution >= 0.6 is 0 Å². The van der Waals surface area contributed by atoms with Crippen LogP contribution in [0, 0.1) is 10.1 Å². The van der Waals surface area contributed by atoms with Gasteiger partial charge in [0.05, 0.1) is 10.5 Å². The van der Waals surface area contributed by atoms with Crippen molar-refractivity contribution in [2.75, 3.05) is 0 Å². The van der Waals surface area contributed by atoms with Crippen LogP contribution in [0.4, 0.5) is 5.69 Å². The summed E-state index contributed by atoms with van der Waals surface area (Å²) in [5, 5.41) is 11.3. The van der Waals surface area contributed by atoms with Crippen LogP contribution in [0.1, 0.15) is 31.8 Å². The molecule has 3 aromatic rings. The van der Waals surface area contributed by atoms with Gasteiger partial charge in [-0.1, -0.05) is 36.4 Å². The molecule has 0 atom stereocenters. The molecule has 0 N–H and O–H groups in total. The third kappa shape index (κ3) is 2.36. The zero-order valence-electron chi connectivity index (χ0n) is 13.3. The Bertz CT molecular complexity index is 1070. The number of nitrogens with zero attached hydrogens (tertiary/aromatic N) is 1. The average Bonchev–Trinajstić information content (AvgIpc) is 2.66. The van der Waals surface area contributed by atoms with Crippen molar-refractivity contribution in [1.29, 1.82) is 0 Å². The smallest absolute Gasteiger partial charge is 0.281 e. The first-order valence-electron chi connectivity index (χ1n) is 7.80. The third-order valence-corrected chi connectivity index (χ3v) is 4.18. The van der Waals surface area contributed by atoms with E-state index in [4.69, 9.17) is 4.74 Å². The second-order valence-electron chi connectivity index (χ2n) is 5.71. The highest BCUT2D eigenvalue weighted by Crippen LogP contribution is 2.38. The number of hydrogen-bond acceptors (Lipinski definition) is 5. The van der Waals surface area contributed by atoms with Gasteiger partial charge in [-0.3, -0.25) is 19.7 Å². The number of hydrogen-bond donors (Lipinski definition) is 0. The Morgan fingerprint density at radius 2 is 1.38 bits per heavy atom. The lowest BCUT2D eigenvalue weighted by molar-refractivity contribution is -0.385. The average molecular weight is 345 g/mol. The fourth-order valence-corrected chi connectivity index (χ4v) is 3.05. The Morgan fingerprint density at radius 3 is 2.08 bits per heavy atom. The first-order chi connectivity index (χ1) is 12.6. The maximum absolute atomic E-state index is 13.1. The van der Waals surface area contributed by atoms with Gasteiger partial charge in [0.2, 0.25) is 5.78 Å². The van der Waals surface area contributed by atoms with E-state index in [-0.39, 0.29) is 33.7 Å². The summed E-state index contributed by atoms with van der Waals surface area (Å²) in [4.78, 5) is 36.5. The van der Waals surface area contributed by atoms with Crippen molar-refractivity contribution in [3.05, 3.63) is 99.1 Å². The first-order valence-corrected chi connectivity index (χ1v) is 7.80. The minimum Gasteiger partial charge on any atom is -0.457 e. The molecular weight excluding hydrogens is 334 g/mol. The predicted octanol–water partition coefficient (Wildman–Crippen LogP) is 4.16. The monoisotopic (exact) mass is 345 g/mol. The van der Waals surface area contributed by atoms with E-state index in [0.717, 1.165) is 0 Å². The number of nitro groups is 1. The van der Waals surface area contributed by atoms with Crippen LogP contribution in [0.25, 0.3) is 0 Å². The van der Waals surface area contributed by atoms with Gasteiger partial charge in [0.15, 0.2) is 5.78 Å². The van der Waals surface area contributed by atoms with Crippen molar-refractivity contribution in [3.63, 3.8) is 0 Å². The molecule has 26 heavy (non-hydrogen) atoms. The molecule has 0 bridgehead atoms.